The molecule has 0 bridgehead atoms. The van der Waals surface area contributed by atoms with E-state index in [-0.39, 0.29) is 5.91 Å². The highest BCUT2D eigenvalue weighted by Crippen LogP contribution is 2.25. The van der Waals surface area contributed by atoms with E-state index in [4.69, 9.17) is 11.6 Å². The van der Waals surface area contributed by atoms with Crippen molar-refractivity contribution >= 4 is 39.1 Å². The van der Waals surface area contributed by atoms with Gasteiger partial charge in [-0.15, -0.1) is 6.58 Å². The van der Waals surface area contributed by atoms with Crippen molar-refractivity contribution in [2.45, 2.75) is 13.5 Å². The third kappa shape index (κ3) is 2.33. The number of aromatic nitrogens is 1. The Morgan fingerprint density at radius 2 is 2.41 bits per heavy atom. The van der Waals surface area contributed by atoms with Gasteiger partial charge < -0.3 is 4.57 Å². The zero-order valence-corrected chi connectivity index (χ0v) is 10.9. The van der Waals surface area contributed by atoms with Crippen molar-refractivity contribution in [2.24, 2.45) is 4.99 Å². The van der Waals surface area contributed by atoms with Gasteiger partial charge in [-0.2, -0.15) is 4.99 Å². The van der Waals surface area contributed by atoms with Crippen molar-refractivity contribution in [3.8, 4) is 0 Å². The van der Waals surface area contributed by atoms with Crippen LogP contribution in [0.25, 0.3) is 10.2 Å². The number of halogens is 1. The molecular formula is C12H11ClN2OS. The summed E-state index contributed by atoms with van der Waals surface area (Å²) in [5.41, 5.74) is 0.902. The first kappa shape index (κ1) is 12.1. The Morgan fingerprint density at radius 1 is 1.65 bits per heavy atom. The molecular weight excluding hydrogens is 256 g/mol. The number of hydrogen-bond donors (Lipinski definition) is 0. The number of nitrogens with zero attached hydrogens (tertiary/aromatic N) is 2. The van der Waals surface area contributed by atoms with Gasteiger partial charge in [-0.05, 0) is 12.1 Å². The van der Waals surface area contributed by atoms with Crippen LogP contribution < -0.4 is 4.80 Å². The van der Waals surface area contributed by atoms with Crippen LogP contribution >= 0.6 is 22.9 Å². The molecule has 0 spiro atoms. The van der Waals surface area contributed by atoms with E-state index in [1.54, 1.807) is 6.08 Å². The number of thiazole rings is 1. The Labute approximate surface area is 108 Å². The van der Waals surface area contributed by atoms with Gasteiger partial charge in [0.25, 0.3) is 0 Å². The highest BCUT2D eigenvalue weighted by molar-refractivity contribution is 7.16. The maximum atomic E-state index is 11.1. The summed E-state index contributed by atoms with van der Waals surface area (Å²) < 4.78 is 2.91. The summed E-state index contributed by atoms with van der Waals surface area (Å²) in [5, 5.41) is 0.658. The van der Waals surface area contributed by atoms with Crippen LogP contribution in [0.2, 0.25) is 5.02 Å². The summed E-state index contributed by atoms with van der Waals surface area (Å²) in [4.78, 5) is 15.7. The number of carbonyl (C=O) groups is 1. The maximum Gasteiger partial charge on any atom is 0.245 e. The predicted molar refractivity (Wildman–Crippen MR) is 71.3 cm³/mol. The second-order valence-electron chi connectivity index (χ2n) is 3.50. The molecule has 1 aromatic carbocycles. The summed E-state index contributed by atoms with van der Waals surface area (Å²) in [5.74, 6) is -0.217. The van der Waals surface area contributed by atoms with Gasteiger partial charge in [0.1, 0.15) is 0 Å². The topological polar surface area (TPSA) is 34.4 Å². The molecule has 0 atom stereocenters. The van der Waals surface area contributed by atoms with Crippen LogP contribution in [0.15, 0.2) is 35.8 Å². The maximum absolute atomic E-state index is 11.1. The minimum Gasteiger partial charge on any atom is -0.311 e. The van der Waals surface area contributed by atoms with Crippen LogP contribution in [0.1, 0.15) is 6.92 Å². The molecule has 1 heterocycles. The fourth-order valence-electron chi connectivity index (χ4n) is 1.61. The van der Waals surface area contributed by atoms with E-state index in [1.165, 1.54) is 18.3 Å². The number of amides is 1. The van der Waals surface area contributed by atoms with Crippen molar-refractivity contribution in [3.63, 3.8) is 0 Å². The van der Waals surface area contributed by atoms with Gasteiger partial charge in [0.05, 0.1) is 15.2 Å². The van der Waals surface area contributed by atoms with Crippen LogP contribution in [-0.4, -0.2) is 10.5 Å². The summed E-state index contributed by atoms with van der Waals surface area (Å²) in [6, 6.07) is 5.68. The van der Waals surface area contributed by atoms with Gasteiger partial charge in [-0.1, -0.05) is 35.1 Å². The fraction of sp³-hybridized carbons (Fsp3) is 0.167. The van der Waals surface area contributed by atoms with Crippen LogP contribution in [-0.2, 0) is 11.3 Å². The lowest BCUT2D eigenvalue weighted by molar-refractivity contribution is -0.116. The molecule has 0 aliphatic carbocycles. The van der Waals surface area contributed by atoms with E-state index in [0.29, 0.717) is 16.4 Å². The summed E-state index contributed by atoms with van der Waals surface area (Å²) in [6.07, 6.45) is 1.76. The lowest BCUT2D eigenvalue weighted by atomic mass is 10.3. The highest BCUT2D eigenvalue weighted by atomic mass is 35.5. The third-order valence-corrected chi connectivity index (χ3v) is 3.57. The number of allylic oxidation sites excluding steroid dienone is 1. The lowest BCUT2D eigenvalue weighted by Crippen LogP contribution is -2.15. The van der Waals surface area contributed by atoms with Crippen LogP contribution in [0.4, 0.5) is 0 Å². The van der Waals surface area contributed by atoms with Crippen molar-refractivity contribution in [1.29, 1.82) is 0 Å². The summed E-state index contributed by atoms with van der Waals surface area (Å²) >= 11 is 7.62. The molecule has 0 saturated carbocycles. The van der Waals surface area contributed by atoms with Crippen LogP contribution in [0.5, 0.6) is 0 Å². The van der Waals surface area contributed by atoms with E-state index < -0.39 is 0 Å². The molecule has 0 fully saturated rings. The molecule has 2 rings (SSSR count). The number of benzene rings is 1. The second kappa shape index (κ2) is 4.85. The monoisotopic (exact) mass is 266 g/mol. The van der Waals surface area contributed by atoms with Crippen LogP contribution in [0, 0.1) is 0 Å². The fourth-order valence-corrected chi connectivity index (χ4v) is 3.05. The van der Waals surface area contributed by atoms with Crippen LogP contribution in [0.3, 0.4) is 0 Å². The normalized spacial score (nSPS) is 12.0. The molecule has 0 radical (unpaired) electrons. The third-order valence-electron chi connectivity index (χ3n) is 2.22. The molecule has 88 valence electrons. The molecule has 5 heteroatoms. The second-order valence-corrected chi connectivity index (χ2v) is 4.92. The Bertz CT molecular complexity index is 654. The molecule has 0 aliphatic rings. The zero-order chi connectivity index (χ0) is 12.4. The smallest absolute Gasteiger partial charge is 0.245 e. The first-order valence-electron chi connectivity index (χ1n) is 5.07. The Hall–Kier alpha value is -1.39. The summed E-state index contributed by atoms with van der Waals surface area (Å²) in [6.45, 7) is 5.72. The minimum absolute atomic E-state index is 0.217. The SMILES string of the molecule is C=CCn1c(=NC(C)=O)sc2cccc(Cl)c21. The van der Waals surface area contributed by atoms with Gasteiger partial charge >= 0.3 is 0 Å². The number of rotatable bonds is 2. The molecule has 0 saturated heterocycles. The zero-order valence-electron chi connectivity index (χ0n) is 9.31. The molecule has 0 N–H and O–H groups in total. The molecule has 0 unspecified atom stereocenters. The van der Waals surface area contributed by atoms with Crippen molar-refractivity contribution in [3.05, 3.63) is 40.7 Å². The Balaban J connectivity index is 2.85. The molecule has 2 aromatic rings. The van der Waals surface area contributed by atoms with E-state index in [2.05, 4.69) is 11.6 Å². The van der Waals surface area contributed by atoms with Crippen molar-refractivity contribution < 1.29 is 4.79 Å². The van der Waals surface area contributed by atoms with E-state index in [9.17, 15) is 4.79 Å². The Morgan fingerprint density at radius 3 is 3.06 bits per heavy atom. The quantitative estimate of drug-likeness (QED) is 0.770. The van der Waals surface area contributed by atoms with E-state index >= 15 is 0 Å². The van der Waals surface area contributed by atoms with Gasteiger partial charge in [0, 0.05) is 13.5 Å². The number of hydrogen-bond acceptors (Lipinski definition) is 2. The van der Waals surface area contributed by atoms with E-state index in [0.717, 1.165) is 10.2 Å². The van der Waals surface area contributed by atoms with Gasteiger partial charge in [0.2, 0.25) is 5.91 Å². The average molecular weight is 267 g/mol. The van der Waals surface area contributed by atoms with Crippen molar-refractivity contribution in [2.75, 3.05) is 0 Å². The first-order valence-corrected chi connectivity index (χ1v) is 6.27. The van der Waals surface area contributed by atoms with Gasteiger partial charge in [0.15, 0.2) is 4.80 Å². The van der Waals surface area contributed by atoms with Gasteiger partial charge in [-0.3, -0.25) is 4.79 Å². The summed E-state index contributed by atoms with van der Waals surface area (Å²) in [7, 11) is 0. The predicted octanol–water partition coefficient (Wildman–Crippen LogP) is 2.99. The number of para-hydroxylation sites is 1. The first-order chi connectivity index (χ1) is 8.13. The standard InChI is InChI=1S/C12H11ClN2OS/c1-3-7-15-11-9(13)5-4-6-10(11)17-12(15)14-8(2)16/h3-6H,1,7H2,2H3. The minimum atomic E-state index is -0.217. The molecule has 1 aromatic heterocycles. The average Bonchev–Trinajstić information content (AvgIpc) is 2.58. The molecule has 17 heavy (non-hydrogen) atoms. The lowest BCUT2D eigenvalue weighted by Gasteiger charge is -2.01. The largest absolute Gasteiger partial charge is 0.311 e. The molecule has 3 nitrogen and oxygen atoms in total. The van der Waals surface area contributed by atoms with Crippen molar-refractivity contribution in [1.82, 2.24) is 4.57 Å². The molecule has 0 aliphatic heterocycles. The van der Waals surface area contributed by atoms with Gasteiger partial charge in [-0.25, -0.2) is 0 Å². The Kier molecular flexibility index (Phi) is 3.45. The van der Waals surface area contributed by atoms with E-state index in [1.807, 2.05) is 22.8 Å². The number of carbonyl (C=O) groups excluding carboxylic acids is 1. The number of fused-ring (bicyclic) bond motifs is 1. The highest BCUT2D eigenvalue weighted by Gasteiger charge is 2.08. The molecule has 1 amide bonds.